The third-order valence-corrected chi connectivity index (χ3v) is 4.41. The Balaban J connectivity index is 1.47. The summed E-state index contributed by atoms with van der Waals surface area (Å²) in [6.45, 7) is 9.55. The van der Waals surface area contributed by atoms with Crippen molar-refractivity contribution in [2.45, 2.75) is 26.8 Å². The quantitative estimate of drug-likeness (QED) is 0.467. The molecule has 1 aromatic heterocycles. The molecular weight excluding hydrogens is 300 g/mol. The average molecular weight is 328 g/mol. The summed E-state index contributed by atoms with van der Waals surface area (Å²) < 4.78 is 7.61. The van der Waals surface area contributed by atoms with E-state index < -0.39 is 0 Å². The summed E-state index contributed by atoms with van der Waals surface area (Å²) in [7, 11) is 0. The predicted octanol–water partition coefficient (Wildman–Crippen LogP) is 2.62. The second-order valence-corrected chi connectivity index (χ2v) is 6.85. The third-order valence-electron chi connectivity index (χ3n) is 4.41. The SMILES string of the molecule is CCNC(=NCC1(C)COC1)NCCCn1ccc2ccccc21. The number of aromatic nitrogens is 1. The largest absolute Gasteiger partial charge is 0.380 e. The highest BCUT2D eigenvalue weighted by molar-refractivity contribution is 5.80. The van der Waals surface area contributed by atoms with Crippen LogP contribution in [0.3, 0.4) is 0 Å². The molecule has 2 aromatic rings. The van der Waals surface area contributed by atoms with Crippen molar-refractivity contribution in [2.75, 3.05) is 32.8 Å². The molecule has 130 valence electrons. The van der Waals surface area contributed by atoms with Gasteiger partial charge in [0.1, 0.15) is 0 Å². The van der Waals surface area contributed by atoms with Crippen LogP contribution in [0.5, 0.6) is 0 Å². The van der Waals surface area contributed by atoms with Crippen molar-refractivity contribution in [3.8, 4) is 0 Å². The van der Waals surface area contributed by atoms with E-state index in [-0.39, 0.29) is 5.41 Å². The van der Waals surface area contributed by atoms with Gasteiger partial charge in [0, 0.05) is 36.8 Å². The number of aryl methyl sites for hydroxylation is 1. The van der Waals surface area contributed by atoms with Crippen molar-refractivity contribution < 1.29 is 4.74 Å². The molecule has 1 fully saturated rings. The van der Waals surface area contributed by atoms with Gasteiger partial charge in [-0.2, -0.15) is 0 Å². The van der Waals surface area contributed by atoms with Gasteiger partial charge < -0.3 is 19.9 Å². The minimum absolute atomic E-state index is 0.215. The predicted molar refractivity (Wildman–Crippen MR) is 99.5 cm³/mol. The Morgan fingerprint density at radius 3 is 2.83 bits per heavy atom. The van der Waals surface area contributed by atoms with Crippen molar-refractivity contribution in [3.05, 3.63) is 36.5 Å². The fourth-order valence-electron chi connectivity index (χ4n) is 2.95. The first-order valence-corrected chi connectivity index (χ1v) is 8.84. The number of hydrogen-bond acceptors (Lipinski definition) is 2. The summed E-state index contributed by atoms with van der Waals surface area (Å²) in [5.41, 5.74) is 1.52. The van der Waals surface area contributed by atoms with Crippen LogP contribution in [0.25, 0.3) is 10.9 Å². The van der Waals surface area contributed by atoms with Crippen LogP contribution in [0.15, 0.2) is 41.5 Å². The van der Waals surface area contributed by atoms with E-state index in [4.69, 9.17) is 9.73 Å². The maximum atomic E-state index is 5.29. The van der Waals surface area contributed by atoms with Crippen LogP contribution < -0.4 is 10.6 Å². The highest BCUT2D eigenvalue weighted by atomic mass is 16.5. The maximum Gasteiger partial charge on any atom is 0.191 e. The molecule has 2 heterocycles. The molecule has 3 rings (SSSR count). The van der Waals surface area contributed by atoms with Gasteiger partial charge in [0.2, 0.25) is 0 Å². The highest BCUT2D eigenvalue weighted by Gasteiger charge is 2.33. The number of benzene rings is 1. The average Bonchev–Trinajstić information content (AvgIpc) is 2.98. The fraction of sp³-hybridized carbons (Fsp3) is 0.526. The molecule has 0 aliphatic carbocycles. The van der Waals surface area contributed by atoms with Crippen molar-refractivity contribution in [3.63, 3.8) is 0 Å². The Bertz CT molecular complexity index is 687. The van der Waals surface area contributed by atoms with Crippen LogP contribution in [0.4, 0.5) is 0 Å². The number of ether oxygens (including phenoxy) is 1. The molecule has 1 aliphatic rings. The molecule has 0 bridgehead atoms. The normalized spacial score (nSPS) is 16.8. The van der Waals surface area contributed by atoms with Gasteiger partial charge in [0.05, 0.1) is 19.8 Å². The minimum atomic E-state index is 0.215. The zero-order valence-electron chi connectivity index (χ0n) is 14.7. The number of nitrogens with one attached hydrogen (secondary N) is 2. The second kappa shape index (κ2) is 7.71. The van der Waals surface area contributed by atoms with E-state index in [0.29, 0.717) is 0 Å². The first-order chi connectivity index (χ1) is 11.7. The van der Waals surface area contributed by atoms with Gasteiger partial charge >= 0.3 is 0 Å². The molecule has 24 heavy (non-hydrogen) atoms. The van der Waals surface area contributed by atoms with Crippen LogP contribution in [-0.4, -0.2) is 43.4 Å². The van der Waals surface area contributed by atoms with E-state index in [1.54, 1.807) is 0 Å². The number of nitrogens with zero attached hydrogens (tertiary/aromatic N) is 2. The summed E-state index contributed by atoms with van der Waals surface area (Å²) in [6, 6.07) is 10.7. The van der Waals surface area contributed by atoms with Gasteiger partial charge in [-0.3, -0.25) is 4.99 Å². The first-order valence-electron chi connectivity index (χ1n) is 8.84. The van der Waals surface area contributed by atoms with Gasteiger partial charge in [0.15, 0.2) is 5.96 Å². The Morgan fingerprint density at radius 2 is 2.08 bits per heavy atom. The van der Waals surface area contributed by atoms with Crippen LogP contribution in [-0.2, 0) is 11.3 Å². The van der Waals surface area contributed by atoms with Crippen LogP contribution in [0.1, 0.15) is 20.3 Å². The molecule has 1 aliphatic heterocycles. The first kappa shape index (κ1) is 16.8. The molecule has 0 spiro atoms. The smallest absolute Gasteiger partial charge is 0.191 e. The molecule has 0 atom stereocenters. The summed E-state index contributed by atoms with van der Waals surface area (Å²) >= 11 is 0. The van der Waals surface area contributed by atoms with Gasteiger partial charge in [-0.1, -0.05) is 25.1 Å². The lowest BCUT2D eigenvalue weighted by Gasteiger charge is -2.36. The van der Waals surface area contributed by atoms with E-state index in [1.165, 1.54) is 10.9 Å². The molecule has 0 amide bonds. The third kappa shape index (κ3) is 4.09. The monoisotopic (exact) mass is 328 g/mol. The Morgan fingerprint density at radius 1 is 1.25 bits per heavy atom. The van der Waals surface area contributed by atoms with E-state index in [1.807, 2.05) is 0 Å². The zero-order valence-corrected chi connectivity index (χ0v) is 14.7. The number of guanidine groups is 1. The summed E-state index contributed by atoms with van der Waals surface area (Å²) in [5.74, 6) is 0.906. The number of hydrogen-bond donors (Lipinski definition) is 2. The van der Waals surface area contributed by atoms with Crippen LogP contribution in [0, 0.1) is 5.41 Å². The van der Waals surface area contributed by atoms with Crippen molar-refractivity contribution in [2.24, 2.45) is 10.4 Å². The lowest BCUT2D eigenvalue weighted by atomic mass is 9.89. The van der Waals surface area contributed by atoms with Crippen LogP contribution >= 0.6 is 0 Å². The van der Waals surface area contributed by atoms with E-state index in [9.17, 15) is 0 Å². The molecule has 2 N–H and O–H groups in total. The number of rotatable bonds is 7. The van der Waals surface area contributed by atoms with Gasteiger partial charge in [-0.25, -0.2) is 0 Å². The fourth-order valence-corrected chi connectivity index (χ4v) is 2.95. The Hall–Kier alpha value is -2.01. The van der Waals surface area contributed by atoms with Crippen molar-refractivity contribution in [1.29, 1.82) is 0 Å². The van der Waals surface area contributed by atoms with E-state index in [0.717, 1.165) is 51.8 Å². The highest BCUT2D eigenvalue weighted by Crippen LogP contribution is 2.26. The standard InChI is InChI=1S/C19H28N4O/c1-3-20-18(22-13-19(2)14-24-15-19)21-10-6-11-23-12-9-16-7-4-5-8-17(16)23/h4-5,7-9,12H,3,6,10-11,13-15H2,1-2H3,(H2,20,21,22). The summed E-state index contributed by atoms with van der Waals surface area (Å²) in [6.07, 6.45) is 3.23. The molecular formula is C19H28N4O. The Kier molecular flexibility index (Phi) is 5.41. The van der Waals surface area contributed by atoms with Crippen molar-refractivity contribution in [1.82, 2.24) is 15.2 Å². The second-order valence-electron chi connectivity index (χ2n) is 6.85. The topological polar surface area (TPSA) is 50.6 Å². The minimum Gasteiger partial charge on any atom is -0.380 e. The molecule has 0 unspecified atom stereocenters. The summed E-state index contributed by atoms with van der Waals surface area (Å²) in [4.78, 5) is 4.70. The van der Waals surface area contributed by atoms with Gasteiger partial charge in [-0.15, -0.1) is 0 Å². The molecule has 0 saturated carbocycles. The van der Waals surface area contributed by atoms with Gasteiger partial charge in [-0.05, 0) is 30.9 Å². The number of fused-ring (bicyclic) bond motifs is 1. The Labute approximate surface area is 144 Å². The zero-order chi connectivity index (χ0) is 16.8. The maximum absolute atomic E-state index is 5.29. The molecule has 5 heteroatoms. The molecule has 1 saturated heterocycles. The number of aliphatic imine (C=N–C) groups is 1. The van der Waals surface area contributed by atoms with Crippen LogP contribution in [0.2, 0.25) is 0 Å². The van der Waals surface area contributed by atoms with E-state index in [2.05, 4.69) is 65.6 Å². The molecule has 0 radical (unpaired) electrons. The van der Waals surface area contributed by atoms with Gasteiger partial charge in [0.25, 0.3) is 0 Å². The summed E-state index contributed by atoms with van der Waals surface area (Å²) in [5, 5.41) is 8.06. The van der Waals surface area contributed by atoms with Crippen molar-refractivity contribution >= 4 is 16.9 Å². The lowest BCUT2D eigenvalue weighted by Crippen LogP contribution is -2.44. The lowest BCUT2D eigenvalue weighted by molar-refractivity contribution is -0.0945. The molecule has 5 nitrogen and oxygen atoms in total. The number of para-hydroxylation sites is 1. The van der Waals surface area contributed by atoms with E-state index >= 15 is 0 Å². The molecule has 1 aromatic carbocycles.